The molecule has 3 rings (SSSR count). The van der Waals surface area contributed by atoms with Crippen molar-refractivity contribution in [1.82, 2.24) is 5.32 Å². The van der Waals surface area contributed by atoms with Gasteiger partial charge in [0.1, 0.15) is 11.3 Å². The molecule has 1 aromatic carbocycles. The average Bonchev–Trinajstić information content (AvgIpc) is 3.05. The number of aryl methyl sites for hydroxylation is 1. The van der Waals surface area contributed by atoms with Crippen LogP contribution in [0.5, 0.6) is 0 Å². The fourth-order valence-electron chi connectivity index (χ4n) is 2.09. The number of halogens is 1. The number of carbonyl (C=O) groups excluding carboxylic acids is 1. The molecule has 5 heteroatoms. The van der Waals surface area contributed by atoms with Gasteiger partial charge in [-0.2, -0.15) is 0 Å². The molecule has 1 aliphatic carbocycles. The molecule has 1 aliphatic rings. The van der Waals surface area contributed by atoms with E-state index < -0.39 is 5.54 Å². The van der Waals surface area contributed by atoms with Crippen molar-refractivity contribution in [2.24, 2.45) is 5.73 Å². The molecule has 1 aromatic heterocycles. The number of amides is 1. The van der Waals surface area contributed by atoms with Gasteiger partial charge in [-0.3, -0.25) is 4.79 Å². The van der Waals surface area contributed by atoms with Crippen LogP contribution in [0, 0.1) is 6.92 Å². The molecule has 1 amide bonds. The summed E-state index contributed by atoms with van der Waals surface area (Å²) in [5.41, 5.74) is 7.13. The number of hydrogen-bond acceptors (Lipinski definition) is 3. The van der Waals surface area contributed by atoms with Crippen molar-refractivity contribution < 1.29 is 9.21 Å². The second kappa shape index (κ2) is 4.87. The van der Waals surface area contributed by atoms with E-state index in [0.29, 0.717) is 6.54 Å². The molecule has 0 aliphatic heterocycles. The lowest BCUT2D eigenvalue weighted by Gasteiger charge is -2.08. The molecule has 3 N–H and O–H groups in total. The number of benzene rings is 1. The van der Waals surface area contributed by atoms with Crippen molar-refractivity contribution in [1.29, 1.82) is 0 Å². The van der Waals surface area contributed by atoms with Crippen LogP contribution in [-0.2, 0) is 11.3 Å². The van der Waals surface area contributed by atoms with Crippen LogP contribution < -0.4 is 11.1 Å². The Balaban J connectivity index is 0.00000133. The van der Waals surface area contributed by atoms with E-state index in [9.17, 15) is 4.79 Å². The number of furan rings is 1. The smallest absolute Gasteiger partial charge is 0.240 e. The third-order valence-corrected chi connectivity index (χ3v) is 3.59. The van der Waals surface area contributed by atoms with Crippen LogP contribution in [0.25, 0.3) is 11.0 Å². The van der Waals surface area contributed by atoms with Crippen LogP contribution in [0.3, 0.4) is 0 Å². The standard InChI is InChI=1S/C14H16N2O2.ClH/c1-9-10-4-2-3-5-11(10)18-12(9)8-16-13(17)14(15)6-7-14;/h2-5H,6-8,15H2,1H3,(H,16,17);1H. The van der Waals surface area contributed by atoms with E-state index in [0.717, 1.165) is 35.1 Å². The lowest BCUT2D eigenvalue weighted by molar-refractivity contribution is -0.123. The van der Waals surface area contributed by atoms with E-state index in [-0.39, 0.29) is 18.3 Å². The SMILES string of the molecule is Cc1c(CNC(=O)C2(N)CC2)oc2ccccc12.Cl. The molecule has 0 atom stereocenters. The molecule has 19 heavy (non-hydrogen) atoms. The number of hydrogen-bond donors (Lipinski definition) is 2. The van der Waals surface area contributed by atoms with Crippen LogP contribution in [0.2, 0.25) is 0 Å². The molecule has 4 nitrogen and oxygen atoms in total. The van der Waals surface area contributed by atoms with Crippen molar-refractivity contribution >= 4 is 29.3 Å². The van der Waals surface area contributed by atoms with E-state index in [1.807, 2.05) is 31.2 Å². The number of fused-ring (bicyclic) bond motifs is 1. The highest BCUT2D eigenvalue weighted by atomic mass is 35.5. The van der Waals surface area contributed by atoms with Crippen LogP contribution in [0.1, 0.15) is 24.2 Å². The summed E-state index contributed by atoms with van der Waals surface area (Å²) in [5.74, 6) is 0.719. The summed E-state index contributed by atoms with van der Waals surface area (Å²) in [5, 5.41) is 3.94. The minimum atomic E-state index is -0.625. The van der Waals surface area contributed by atoms with Gasteiger partial charge in [-0.05, 0) is 25.8 Å². The Morgan fingerprint density at radius 2 is 2.11 bits per heavy atom. The predicted octanol–water partition coefficient (Wildman–Crippen LogP) is 2.27. The van der Waals surface area contributed by atoms with Crippen LogP contribution in [0.15, 0.2) is 28.7 Å². The molecular weight excluding hydrogens is 264 g/mol. The van der Waals surface area contributed by atoms with E-state index >= 15 is 0 Å². The Morgan fingerprint density at radius 3 is 2.74 bits per heavy atom. The first-order valence-electron chi connectivity index (χ1n) is 6.14. The molecule has 0 spiro atoms. The molecule has 0 saturated heterocycles. The minimum absolute atomic E-state index is 0. The second-order valence-corrected chi connectivity index (χ2v) is 4.99. The van der Waals surface area contributed by atoms with Crippen molar-refractivity contribution in [2.45, 2.75) is 31.8 Å². The molecular formula is C14H17ClN2O2. The highest BCUT2D eigenvalue weighted by molar-refractivity contribution is 5.89. The van der Waals surface area contributed by atoms with E-state index in [1.54, 1.807) is 0 Å². The maximum absolute atomic E-state index is 11.7. The Bertz CT molecular complexity index is 617. The van der Waals surface area contributed by atoms with Gasteiger partial charge < -0.3 is 15.5 Å². The molecule has 0 radical (unpaired) electrons. The first-order chi connectivity index (χ1) is 8.60. The van der Waals surface area contributed by atoms with Gasteiger partial charge in [0, 0.05) is 10.9 Å². The summed E-state index contributed by atoms with van der Waals surface area (Å²) in [6.07, 6.45) is 1.55. The maximum atomic E-state index is 11.7. The van der Waals surface area contributed by atoms with Gasteiger partial charge in [-0.1, -0.05) is 18.2 Å². The van der Waals surface area contributed by atoms with Gasteiger partial charge >= 0.3 is 0 Å². The first kappa shape index (κ1) is 13.9. The zero-order valence-corrected chi connectivity index (χ0v) is 11.5. The fraction of sp³-hybridized carbons (Fsp3) is 0.357. The molecule has 102 valence electrons. The molecule has 2 aromatic rings. The van der Waals surface area contributed by atoms with Gasteiger partial charge in [-0.25, -0.2) is 0 Å². The Morgan fingerprint density at radius 1 is 1.42 bits per heavy atom. The van der Waals surface area contributed by atoms with Crippen LogP contribution >= 0.6 is 12.4 Å². The molecule has 0 unspecified atom stereocenters. The monoisotopic (exact) mass is 280 g/mol. The largest absolute Gasteiger partial charge is 0.459 e. The number of nitrogens with two attached hydrogens (primary N) is 1. The number of carbonyl (C=O) groups is 1. The normalized spacial score (nSPS) is 15.9. The Hall–Kier alpha value is -1.52. The lowest BCUT2D eigenvalue weighted by Crippen LogP contribution is -2.42. The summed E-state index contributed by atoms with van der Waals surface area (Å²) < 4.78 is 5.73. The quantitative estimate of drug-likeness (QED) is 0.906. The third kappa shape index (κ3) is 2.46. The average molecular weight is 281 g/mol. The summed E-state index contributed by atoms with van der Waals surface area (Å²) in [4.78, 5) is 11.7. The van der Waals surface area contributed by atoms with Gasteiger partial charge in [-0.15, -0.1) is 12.4 Å². The first-order valence-corrected chi connectivity index (χ1v) is 6.14. The maximum Gasteiger partial charge on any atom is 0.240 e. The van der Waals surface area contributed by atoms with Gasteiger partial charge in [0.25, 0.3) is 0 Å². The van der Waals surface area contributed by atoms with Crippen molar-refractivity contribution in [3.63, 3.8) is 0 Å². The zero-order chi connectivity index (χ0) is 12.8. The number of nitrogens with one attached hydrogen (secondary N) is 1. The molecule has 1 fully saturated rings. The Labute approximate surface area is 117 Å². The van der Waals surface area contributed by atoms with Crippen molar-refractivity contribution in [3.05, 3.63) is 35.6 Å². The van der Waals surface area contributed by atoms with Crippen LogP contribution in [-0.4, -0.2) is 11.4 Å². The molecule has 1 saturated carbocycles. The van der Waals surface area contributed by atoms with Gasteiger partial charge in [0.05, 0.1) is 12.1 Å². The van der Waals surface area contributed by atoms with E-state index in [1.165, 1.54) is 0 Å². The minimum Gasteiger partial charge on any atom is -0.459 e. The number of para-hydroxylation sites is 1. The summed E-state index contributed by atoms with van der Waals surface area (Å²) in [6, 6.07) is 7.86. The van der Waals surface area contributed by atoms with Crippen molar-refractivity contribution in [2.75, 3.05) is 0 Å². The predicted molar refractivity (Wildman–Crippen MR) is 76.2 cm³/mol. The summed E-state index contributed by atoms with van der Waals surface area (Å²) >= 11 is 0. The van der Waals surface area contributed by atoms with Gasteiger partial charge in [0.2, 0.25) is 5.91 Å². The third-order valence-electron chi connectivity index (χ3n) is 3.59. The van der Waals surface area contributed by atoms with E-state index in [2.05, 4.69) is 5.32 Å². The Kier molecular flexibility index (Phi) is 3.56. The zero-order valence-electron chi connectivity index (χ0n) is 10.7. The molecule has 0 bridgehead atoms. The highest BCUT2D eigenvalue weighted by Gasteiger charge is 2.45. The summed E-state index contributed by atoms with van der Waals surface area (Å²) in [6.45, 7) is 2.40. The fourth-order valence-corrected chi connectivity index (χ4v) is 2.09. The van der Waals surface area contributed by atoms with E-state index in [4.69, 9.17) is 10.2 Å². The summed E-state index contributed by atoms with van der Waals surface area (Å²) in [7, 11) is 0. The lowest BCUT2D eigenvalue weighted by atomic mass is 10.1. The van der Waals surface area contributed by atoms with Crippen LogP contribution in [0.4, 0.5) is 0 Å². The highest BCUT2D eigenvalue weighted by Crippen LogP contribution is 2.32. The van der Waals surface area contributed by atoms with Gasteiger partial charge in [0.15, 0.2) is 0 Å². The topological polar surface area (TPSA) is 68.3 Å². The number of rotatable bonds is 3. The second-order valence-electron chi connectivity index (χ2n) is 4.99. The molecule has 1 heterocycles. The van der Waals surface area contributed by atoms with Crippen molar-refractivity contribution in [3.8, 4) is 0 Å².